The molecule has 7 nitrogen and oxygen atoms in total. The first kappa shape index (κ1) is 18.5. The lowest BCUT2D eigenvalue weighted by Crippen LogP contribution is -2.50. The van der Waals surface area contributed by atoms with E-state index in [9.17, 15) is 13.2 Å². The van der Waals surface area contributed by atoms with Crippen molar-refractivity contribution in [3.05, 3.63) is 23.3 Å². The van der Waals surface area contributed by atoms with Crippen LogP contribution in [0, 0.1) is 6.92 Å². The maximum atomic E-state index is 12.5. The second-order valence-corrected chi connectivity index (χ2v) is 7.84. The van der Waals surface area contributed by atoms with E-state index >= 15 is 0 Å². The van der Waals surface area contributed by atoms with Crippen molar-refractivity contribution in [2.24, 2.45) is 0 Å². The molecule has 1 amide bonds. The van der Waals surface area contributed by atoms with Crippen LogP contribution in [0.4, 0.5) is 0 Å². The summed E-state index contributed by atoms with van der Waals surface area (Å²) in [6, 6.07) is 3.67. The van der Waals surface area contributed by atoms with E-state index in [1.807, 2.05) is 19.1 Å². The molecule has 8 heteroatoms. The Kier molecular flexibility index (Phi) is 5.71. The highest BCUT2D eigenvalue weighted by Crippen LogP contribution is 2.30. The zero-order chi connectivity index (χ0) is 17.9. The van der Waals surface area contributed by atoms with Crippen molar-refractivity contribution in [3.8, 4) is 11.5 Å². The van der Waals surface area contributed by atoms with Crippen LogP contribution in [0.2, 0.25) is 0 Å². The van der Waals surface area contributed by atoms with Crippen LogP contribution in [-0.2, 0) is 21.2 Å². The number of hydrogen-bond donors (Lipinski definition) is 0. The Hall–Kier alpha value is -1.80. The minimum absolute atomic E-state index is 0.0153. The van der Waals surface area contributed by atoms with Gasteiger partial charge in [-0.3, -0.25) is 4.79 Å². The van der Waals surface area contributed by atoms with Crippen molar-refractivity contribution in [1.82, 2.24) is 9.21 Å². The third-order valence-corrected chi connectivity index (χ3v) is 5.55. The average Bonchev–Trinajstić information content (AvgIpc) is 2.55. The summed E-state index contributed by atoms with van der Waals surface area (Å²) in [6.45, 7) is 3.44. The molecule has 0 bridgehead atoms. The minimum Gasteiger partial charge on any atom is -0.493 e. The van der Waals surface area contributed by atoms with Gasteiger partial charge in [-0.2, -0.15) is 4.31 Å². The van der Waals surface area contributed by atoms with Gasteiger partial charge in [0.05, 0.1) is 26.9 Å². The van der Waals surface area contributed by atoms with E-state index < -0.39 is 10.0 Å². The number of amides is 1. The zero-order valence-electron chi connectivity index (χ0n) is 14.5. The van der Waals surface area contributed by atoms with Crippen LogP contribution in [-0.4, -0.2) is 70.2 Å². The number of aryl methyl sites for hydroxylation is 1. The Bertz CT molecular complexity index is 709. The van der Waals surface area contributed by atoms with Gasteiger partial charge in [-0.25, -0.2) is 8.42 Å². The van der Waals surface area contributed by atoms with Crippen molar-refractivity contribution in [2.45, 2.75) is 13.3 Å². The summed E-state index contributed by atoms with van der Waals surface area (Å²) < 4.78 is 35.0. The largest absolute Gasteiger partial charge is 0.493 e. The molecule has 1 fully saturated rings. The first-order valence-electron chi connectivity index (χ1n) is 7.70. The molecular weight excluding hydrogens is 332 g/mol. The highest BCUT2D eigenvalue weighted by Gasteiger charge is 2.26. The quantitative estimate of drug-likeness (QED) is 0.775. The molecule has 0 atom stereocenters. The molecule has 1 aromatic carbocycles. The minimum atomic E-state index is -3.19. The van der Waals surface area contributed by atoms with Gasteiger partial charge in [0.15, 0.2) is 11.5 Å². The lowest BCUT2D eigenvalue weighted by atomic mass is 10.0. The van der Waals surface area contributed by atoms with Crippen LogP contribution in [0.3, 0.4) is 0 Å². The summed E-state index contributed by atoms with van der Waals surface area (Å²) in [5.74, 6) is 1.21. The second-order valence-electron chi connectivity index (χ2n) is 5.85. The topological polar surface area (TPSA) is 76.2 Å². The number of hydrogen-bond acceptors (Lipinski definition) is 5. The summed E-state index contributed by atoms with van der Waals surface area (Å²) >= 11 is 0. The van der Waals surface area contributed by atoms with Gasteiger partial charge >= 0.3 is 0 Å². The SMILES string of the molecule is COc1cc(C)c(CC(=O)N2CCN(S(C)(=O)=O)CC2)cc1OC. The lowest BCUT2D eigenvalue weighted by Gasteiger charge is -2.33. The Morgan fingerprint density at radius 1 is 1.08 bits per heavy atom. The Balaban J connectivity index is 2.06. The highest BCUT2D eigenvalue weighted by atomic mass is 32.2. The zero-order valence-corrected chi connectivity index (χ0v) is 15.4. The number of sulfonamides is 1. The molecule has 24 heavy (non-hydrogen) atoms. The maximum Gasteiger partial charge on any atom is 0.227 e. The standard InChI is InChI=1S/C16H24N2O5S/c1-12-9-14(22-2)15(23-3)10-13(12)11-16(19)17-5-7-18(8-6-17)24(4,20)21/h9-10H,5-8,11H2,1-4H3. The van der Waals surface area contributed by atoms with E-state index in [-0.39, 0.29) is 12.3 Å². The van der Waals surface area contributed by atoms with Crippen molar-refractivity contribution in [3.63, 3.8) is 0 Å². The van der Waals surface area contributed by atoms with Crippen LogP contribution >= 0.6 is 0 Å². The predicted octanol–water partition coefficient (Wildman–Crippen LogP) is 0.659. The number of carbonyl (C=O) groups is 1. The van der Waals surface area contributed by atoms with Crippen molar-refractivity contribution in [1.29, 1.82) is 0 Å². The molecule has 1 aliphatic rings. The molecule has 0 spiro atoms. The third kappa shape index (κ3) is 4.18. The molecule has 2 rings (SSSR count). The van der Waals surface area contributed by atoms with Crippen LogP contribution < -0.4 is 9.47 Å². The first-order valence-corrected chi connectivity index (χ1v) is 9.55. The van der Waals surface area contributed by atoms with Crippen molar-refractivity contribution >= 4 is 15.9 Å². The van der Waals surface area contributed by atoms with Gasteiger partial charge in [0.25, 0.3) is 0 Å². The molecule has 0 aromatic heterocycles. The van der Waals surface area contributed by atoms with E-state index in [0.717, 1.165) is 11.1 Å². The summed E-state index contributed by atoms with van der Waals surface area (Å²) in [4.78, 5) is 14.2. The smallest absolute Gasteiger partial charge is 0.227 e. The van der Waals surface area contributed by atoms with Gasteiger partial charge in [-0.15, -0.1) is 0 Å². The van der Waals surface area contributed by atoms with E-state index in [0.29, 0.717) is 37.7 Å². The normalized spacial score (nSPS) is 16.1. The number of methoxy groups -OCH3 is 2. The lowest BCUT2D eigenvalue weighted by molar-refractivity contribution is -0.131. The van der Waals surface area contributed by atoms with Crippen LogP contribution in [0.5, 0.6) is 11.5 Å². The summed E-state index contributed by atoms with van der Waals surface area (Å²) in [5, 5.41) is 0. The van der Waals surface area contributed by atoms with Gasteiger partial charge in [0.1, 0.15) is 0 Å². The number of benzene rings is 1. The van der Waals surface area contributed by atoms with Gasteiger partial charge < -0.3 is 14.4 Å². The summed E-state index contributed by atoms with van der Waals surface area (Å²) in [5.41, 5.74) is 1.83. The van der Waals surface area contributed by atoms with Crippen molar-refractivity contribution in [2.75, 3.05) is 46.7 Å². The molecule has 0 aliphatic carbocycles. The molecular formula is C16H24N2O5S. The van der Waals surface area contributed by atoms with Gasteiger partial charge in [0, 0.05) is 26.2 Å². The third-order valence-electron chi connectivity index (χ3n) is 4.24. The molecule has 1 heterocycles. The van der Waals surface area contributed by atoms with Gasteiger partial charge in [0.2, 0.25) is 15.9 Å². The number of nitrogens with zero attached hydrogens (tertiary/aromatic N) is 2. The number of carbonyl (C=O) groups excluding carboxylic acids is 1. The van der Waals surface area contributed by atoms with E-state index in [2.05, 4.69) is 0 Å². The number of rotatable bonds is 5. The Labute approximate surface area is 143 Å². The van der Waals surface area contributed by atoms with Crippen LogP contribution in [0.15, 0.2) is 12.1 Å². The van der Waals surface area contributed by atoms with E-state index in [4.69, 9.17) is 9.47 Å². The fourth-order valence-electron chi connectivity index (χ4n) is 2.76. The molecule has 0 radical (unpaired) electrons. The van der Waals surface area contributed by atoms with Crippen molar-refractivity contribution < 1.29 is 22.7 Å². The van der Waals surface area contributed by atoms with Crippen LogP contribution in [0.25, 0.3) is 0 Å². The molecule has 1 aromatic rings. The average molecular weight is 356 g/mol. The van der Waals surface area contributed by atoms with E-state index in [1.54, 1.807) is 19.1 Å². The highest BCUT2D eigenvalue weighted by molar-refractivity contribution is 7.88. The maximum absolute atomic E-state index is 12.5. The molecule has 1 aliphatic heterocycles. The molecule has 1 saturated heterocycles. The fraction of sp³-hybridized carbons (Fsp3) is 0.562. The molecule has 0 unspecified atom stereocenters. The fourth-order valence-corrected chi connectivity index (χ4v) is 3.58. The Morgan fingerprint density at radius 3 is 2.12 bits per heavy atom. The predicted molar refractivity (Wildman–Crippen MR) is 91.0 cm³/mol. The van der Waals surface area contributed by atoms with Gasteiger partial charge in [-0.1, -0.05) is 0 Å². The van der Waals surface area contributed by atoms with Gasteiger partial charge in [-0.05, 0) is 30.2 Å². The molecule has 0 N–H and O–H groups in total. The second kappa shape index (κ2) is 7.40. The molecule has 134 valence electrons. The van der Waals surface area contributed by atoms with Crippen LogP contribution in [0.1, 0.15) is 11.1 Å². The monoisotopic (exact) mass is 356 g/mol. The first-order chi connectivity index (χ1) is 11.3. The number of piperazine rings is 1. The summed E-state index contributed by atoms with van der Waals surface area (Å²) in [7, 11) is -0.0608. The molecule has 0 saturated carbocycles. The number of ether oxygens (including phenoxy) is 2. The van der Waals surface area contributed by atoms with E-state index in [1.165, 1.54) is 10.6 Å². The summed E-state index contributed by atoms with van der Waals surface area (Å²) in [6.07, 6.45) is 1.45. The Morgan fingerprint density at radius 2 is 1.62 bits per heavy atom.